The molecule has 0 atom stereocenters. The van der Waals surface area contributed by atoms with Gasteiger partial charge in [0.05, 0.1) is 11.2 Å². The van der Waals surface area contributed by atoms with Gasteiger partial charge in [0.25, 0.3) is 0 Å². The van der Waals surface area contributed by atoms with Crippen molar-refractivity contribution >= 4 is 28.3 Å². The standard InChI is InChI=1S/C17H18N2O2/c1-2-5-16(21)19-17-12-6-3-4-7-14(12)18-15-9-8-11(20)10-13(15)17/h3-4,6-7H,2,5,8-10H2,1H3,(H,18,19,21). The minimum Gasteiger partial charge on any atom is -0.325 e. The average Bonchev–Trinajstić information content (AvgIpc) is 2.48. The number of nitrogens with zero attached hydrogens (tertiary/aromatic N) is 1. The smallest absolute Gasteiger partial charge is 0.224 e. The van der Waals surface area contributed by atoms with Crippen molar-refractivity contribution in [1.82, 2.24) is 4.98 Å². The fourth-order valence-electron chi connectivity index (χ4n) is 2.81. The number of fused-ring (bicyclic) bond motifs is 2. The Balaban J connectivity index is 2.15. The van der Waals surface area contributed by atoms with Gasteiger partial charge in [0.2, 0.25) is 5.91 Å². The van der Waals surface area contributed by atoms with Crippen molar-refractivity contribution < 1.29 is 9.59 Å². The van der Waals surface area contributed by atoms with Gasteiger partial charge in [-0.1, -0.05) is 25.1 Å². The van der Waals surface area contributed by atoms with Gasteiger partial charge in [0.1, 0.15) is 5.78 Å². The number of Topliss-reactive ketones (excluding diaryl/α,β-unsaturated/α-hetero) is 1. The monoisotopic (exact) mass is 282 g/mol. The Morgan fingerprint density at radius 2 is 2.10 bits per heavy atom. The Bertz CT molecular complexity index is 722. The molecule has 4 heteroatoms. The van der Waals surface area contributed by atoms with E-state index < -0.39 is 0 Å². The number of para-hydroxylation sites is 1. The van der Waals surface area contributed by atoms with E-state index in [2.05, 4.69) is 10.3 Å². The molecule has 1 heterocycles. The molecule has 1 aliphatic carbocycles. The number of carbonyl (C=O) groups is 2. The van der Waals surface area contributed by atoms with E-state index in [0.717, 1.165) is 34.3 Å². The van der Waals surface area contributed by atoms with Gasteiger partial charge < -0.3 is 5.32 Å². The highest BCUT2D eigenvalue weighted by Crippen LogP contribution is 2.32. The molecule has 1 amide bonds. The predicted octanol–water partition coefficient (Wildman–Crippen LogP) is 3.03. The topological polar surface area (TPSA) is 59.1 Å². The van der Waals surface area contributed by atoms with Crippen molar-refractivity contribution in [2.45, 2.75) is 39.0 Å². The minimum atomic E-state index is -0.00549. The van der Waals surface area contributed by atoms with Crippen LogP contribution in [-0.4, -0.2) is 16.7 Å². The summed E-state index contributed by atoms with van der Waals surface area (Å²) in [6.45, 7) is 1.98. The molecule has 0 fully saturated rings. The molecule has 0 saturated carbocycles. The molecule has 0 spiro atoms. The lowest BCUT2D eigenvalue weighted by Gasteiger charge is -2.20. The summed E-state index contributed by atoms with van der Waals surface area (Å²) < 4.78 is 0. The Morgan fingerprint density at radius 1 is 1.29 bits per heavy atom. The first-order valence-corrected chi connectivity index (χ1v) is 7.41. The predicted molar refractivity (Wildman–Crippen MR) is 82.3 cm³/mol. The third-order valence-corrected chi connectivity index (χ3v) is 3.83. The Kier molecular flexibility index (Phi) is 3.69. The summed E-state index contributed by atoms with van der Waals surface area (Å²) in [6, 6.07) is 7.76. The number of rotatable bonds is 3. The van der Waals surface area contributed by atoms with Gasteiger partial charge in [-0.2, -0.15) is 0 Å². The quantitative estimate of drug-likeness (QED) is 0.941. The maximum absolute atomic E-state index is 12.0. The van der Waals surface area contributed by atoms with Crippen LogP contribution in [0.5, 0.6) is 0 Å². The highest BCUT2D eigenvalue weighted by Gasteiger charge is 2.23. The number of carbonyl (C=O) groups excluding carboxylic acids is 2. The van der Waals surface area contributed by atoms with Crippen LogP contribution in [0, 0.1) is 0 Å². The SMILES string of the molecule is CCCC(=O)Nc1c2c(nc3ccccc13)CCC(=O)C2. The molecule has 0 saturated heterocycles. The maximum atomic E-state index is 12.0. The number of aryl methyl sites for hydroxylation is 1. The summed E-state index contributed by atoms with van der Waals surface area (Å²) in [5, 5.41) is 3.92. The number of amides is 1. The van der Waals surface area contributed by atoms with Crippen LogP contribution in [0.4, 0.5) is 5.69 Å². The minimum absolute atomic E-state index is 0.00549. The molecule has 21 heavy (non-hydrogen) atoms. The van der Waals surface area contributed by atoms with Crippen molar-refractivity contribution in [2.75, 3.05) is 5.32 Å². The third-order valence-electron chi connectivity index (χ3n) is 3.83. The molecule has 108 valence electrons. The van der Waals surface area contributed by atoms with Crippen LogP contribution in [0.15, 0.2) is 24.3 Å². The van der Waals surface area contributed by atoms with Crippen LogP contribution in [0.3, 0.4) is 0 Å². The zero-order chi connectivity index (χ0) is 14.8. The fraction of sp³-hybridized carbons (Fsp3) is 0.353. The van der Waals surface area contributed by atoms with Crippen LogP contribution in [-0.2, 0) is 22.4 Å². The van der Waals surface area contributed by atoms with Crippen molar-refractivity contribution in [3.8, 4) is 0 Å². The summed E-state index contributed by atoms with van der Waals surface area (Å²) in [7, 11) is 0. The maximum Gasteiger partial charge on any atom is 0.224 e. The van der Waals surface area contributed by atoms with E-state index in [1.165, 1.54) is 0 Å². The third kappa shape index (κ3) is 2.66. The summed E-state index contributed by atoms with van der Waals surface area (Å²) in [4.78, 5) is 28.5. The van der Waals surface area contributed by atoms with Gasteiger partial charge >= 0.3 is 0 Å². The summed E-state index contributed by atoms with van der Waals surface area (Å²) in [5.41, 5.74) is 3.49. The molecule has 1 aromatic heterocycles. The summed E-state index contributed by atoms with van der Waals surface area (Å²) in [6.07, 6.45) is 2.86. The zero-order valence-corrected chi connectivity index (χ0v) is 12.1. The molecule has 0 unspecified atom stereocenters. The molecule has 0 aliphatic heterocycles. The molecule has 2 aromatic rings. The van der Waals surface area contributed by atoms with Gasteiger partial charge in [0, 0.05) is 35.9 Å². The molecule has 1 aromatic carbocycles. The lowest BCUT2D eigenvalue weighted by atomic mass is 9.91. The number of pyridine rings is 1. The van der Waals surface area contributed by atoms with E-state index in [1.807, 2.05) is 31.2 Å². The first kappa shape index (κ1) is 13.7. The first-order chi connectivity index (χ1) is 10.2. The normalized spacial score (nSPS) is 14.0. The Hall–Kier alpha value is -2.23. The van der Waals surface area contributed by atoms with Gasteiger partial charge in [-0.15, -0.1) is 0 Å². The molecular formula is C17H18N2O2. The van der Waals surface area contributed by atoms with Crippen LogP contribution in [0.25, 0.3) is 10.9 Å². The van der Waals surface area contributed by atoms with Crippen molar-refractivity contribution in [1.29, 1.82) is 0 Å². The van der Waals surface area contributed by atoms with Crippen LogP contribution in [0.2, 0.25) is 0 Å². The highest BCUT2D eigenvalue weighted by molar-refractivity contribution is 6.04. The fourth-order valence-corrected chi connectivity index (χ4v) is 2.81. The van der Waals surface area contributed by atoms with Crippen molar-refractivity contribution in [3.05, 3.63) is 35.5 Å². The van der Waals surface area contributed by atoms with E-state index in [9.17, 15) is 9.59 Å². The largest absolute Gasteiger partial charge is 0.325 e. The van der Waals surface area contributed by atoms with Crippen LogP contribution >= 0.6 is 0 Å². The Labute approximate surface area is 123 Å². The van der Waals surface area contributed by atoms with E-state index in [4.69, 9.17) is 0 Å². The molecule has 4 nitrogen and oxygen atoms in total. The van der Waals surface area contributed by atoms with Gasteiger partial charge in [-0.05, 0) is 18.9 Å². The second kappa shape index (κ2) is 5.64. The second-order valence-corrected chi connectivity index (χ2v) is 5.44. The molecule has 0 radical (unpaired) electrons. The second-order valence-electron chi connectivity index (χ2n) is 5.44. The molecule has 0 bridgehead atoms. The number of hydrogen-bond acceptors (Lipinski definition) is 3. The average molecular weight is 282 g/mol. The number of nitrogens with one attached hydrogen (secondary N) is 1. The first-order valence-electron chi connectivity index (χ1n) is 7.41. The van der Waals surface area contributed by atoms with E-state index in [0.29, 0.717) is 25.7 Å². The highest BCUT2D eigenvalue weighted by atomic mass is 16.1. The van der Waals surface area contributed by atoms with Crippen molar-refractivity contribution in [3.63, 3.8) is 0 Å². The molecule has 1 aliphatic rings. The van der Waals surface area contributed by atoms with E-state index in [1.54, 1.807) is 0 Å². The lowest BCUT2D eigenvalue weighted by molar-refractivity contribution is -0.119. The summed E-state index contributed by atoms with van der Waals surface area (Å²) in [5.74, 6) is 0.208. The molecule has 1 N–H and O–H groups in total. The number of hydrogen-bond donors (Lipinski definition) is 1. The number of aromatic nitrogens is 1. The van der Waals surface area contributed by atoms with Crippen LogP contribution in [0.1, 0.15) is 37.4 Å². The Morgan fingerprint density at radius 3 is 2.90 bits per heavy atom. The number of anilines is 1. The number of ketones is 1. The van der Waals surface area contributed by atoms with Crippen molar-refractivity contribution in [2.24, 2.45) is 0 Å². The van der Waals surface area contributed by atoms with Gasteiger partial charge in [0.15, 0.2) is 0 Å². The van der Waals surface area contributed by atoms with Gasteiger partial charge in [-0.25, -0.2) is 0 Å². The zero-order valence-electron chi connectivity index (χ0n) is 12.1. The number of benzene rings is 1. The van der Waals surface area contributed by atoms with Gasteiger partial charge in [-0.3, -0.25) is 14.6 Å². The van der Waals surface area contributed by atoms with E-state index >= 15 is 0 Å². The summed E-state index contributed by atoms with van der Waals surface area (Å²) >= 11 is 0. The molecule has 3 rings (SSSR count). The molecular weight excluding hydrogens is 264 g/mol. The van der Waals surface area contributed by atoms with Crippen LogP contribution < -0.4 is 5.32 Å². The lowest BCUT2D eigenvalue weighted by Crippen LogP contribution is -2.20. The van der Waals surface area contributed by atoms with E-state index in [-0.39, 0.29) is 11.7 Å².